The number of quaternary nitrogens is 1. The van der Waals surface area contributed by atoms with E-state index in [9.17, 15) is 9.59 Å². The molecule has 3 aromatic rings. The zero-order chi connectivity index (χ0) is 23.4. The molecule has 3 aliphatic rings. The van der Waals surface area contributed by atoms with Crippen LogP contribution in [0.3, 0.4) is 0 Å². The zero-order valence-electron chi connectivity index (χ0n) is 19.5. The standard InChI is InChI=1S/C29H32NO3S/c31-27(25-15-18-34-21-25)19-30-16-13-24(14-17-30)28(20-30)33-29(32)26(23-9-5-2-6-10-23)12-11-22-7-3-1-4-8-22/h1-10,15,18,21,24,26,28H,11-14,16-17,19-20H2/q+1. The monoisotopic (exact) mass is 474 g/mol. The summed E-state index contributed by atoms with van der Waals surface area (Å²) in [7, 11) is 0. The van der Waals surface area contributed by atoms with Gasteiger partial charge in [-0.2, -0.15) is 11.3 Å². The molecule has 5 heteroatoms. The van der Waals surface area contributed by atoms with E-state index in [1.165, 1.54) is 5.56 Å². The molecule has 1 aromatic heterocycles. The topological polar surface area (TPSA) is 43.4 Å². The first-order chi connectivity index (χ1) is 16.6. The van der Waals surface area contributed by atoms with E-state index in [0.29, 0.717) is 12.5 Å². The van der Waals surface area contributed by atoms with Gasteiger partial charge in [-0.25, -0.2) is 0 Å². The van der Waals surface area contributed by atoms with Crippen molar-refractivity contribution in [3.05, 3.63) is 94.2 Å². The van der Waals surface area contributed by atoms with Crippen LogP contribution in [0.2, 0.25) is 0 Å². The van der Waals surface area contributed by atoms with Crippen LogP contribution in [-0.4, -0.2) is 48.5 Å². The normalized spacial score (nSPS) is 24.5. The van der Waals surface area contributed by atoms with E-state index in [4.69, 9.17) is 4.74 Å². The van der Waals surface area contributed by atoms with Gasteiger partial charge in [-0.05, 0) is 35.4 Å². The van der Waals surface area contributed by atoms with Crippen LogP contribution in [0, 0.1) is 5.92 Å². The molecule has 0 amide bonds. The molecule has 4 heterocycles. The summed E-state index contributed by atoms with van der Waals surface area (Å²) < 4.78 is 7.02. The Balaban J connectivity index is 1.28. The number of aryl methyl sites for hydroxylation is 1. The van der Waals surface area contributed by atoms with Crippen molar-refractivity contribution >= 4 is 23.1 Å². The molecular weight excluding hydrogens is 442 g/mol. The smallest absolute Gasteiger partial charge is 0.313 e. The molecule has 2 bridgehead atoms. The highest BCUT2D eigenvalue weighted by molar-refractivity contribution is 7.08. The van der Waals surface area contributed by atoms with Crippen molar-refractivity contribution in [3.63, 3.8) is 0 Å². The number of rotatable bonds is 9. The number of nitrogens with zero attached hydrogens (tertiary/aromatic N) is 1. The van der Waals surface area contributed by atoms with Crippen LogP contribution in [0.25, 0.3) is 0 Å². The minimum atomic E-state index is -0.280. The molecule has 0 N–H and O–H groups in total. The number of fused-ring (bicyclic) bond motifs is 3. The molecule has 3 saturated heterocycles. The summed E-state index contributed by atoms with van der Waals surface area (Å²) in [6, 6.07) is 22.2. The van der Waals surface area contributed by atoms with Gasteiger partial charge in [0, 0.05) is 29.7 Å². The average Bonchev–Trinajstić information content (AvgIpc) is 3.41. The van der Waals surface area contributed by atoms with Crippen molar-refractivity contribution in [2.45, 2.75) is 37.7 Å². The summed E-state index contributed by atoms with van der Waals surface area (Å²) in [5, 5.41) is 3.89. The van der Waals surface area contributed by atoms with Gasteiger partial charge in [0.05, 0.1) is 19.0 Å². The minimum absolute atomic E-state index is 0.104. The highest BCUT2D eigenvalue weighted by atomic mass is 32.1. The lowest BCUT2D eigenvalue weighted by atomic mass is 9.82. The SMILES string of the molecule is O=C(C[N+]12CCC(CC1)C(OC(=O)C(CCc1ccccc1)c1ccccc1)C2)c1ccsc1. The number of Topliss-reactive ketones (excluding diaryl/α,β-unsaturated/α-hetero) is 1. The fourth-order valence-electron chi connectivity index (χ4n) is 5.69. The fraction of sp³-hybridized carbons (Fsp3) is 0.379. The third-order valence-corrected chi connectivity index (χ3v) is 8.37. The number of benzene rings is 2. The highest BCUT2D eigenvalue weighted by Crippen LogP contribution is 2.37. The molecule has 0 saturated carbocycles. The maximum Gasteiger partial charge on any atom is 0.313 e. The highest BCUT2D eigenvalue weighted by Gasteiger charge is 2.49. The molecule has 6 rings (SSSR count). The quantitative estimate of drug-likeness (QED) is 0.234. The number of hydrogen-bond donors (Lipinski definition) is 0. The van der Waals surface area contributed by atoms with E-state index in [1.54, 1.807) is 11.3 Å². The molecule has 0 spiro atoms. The van der Waals surface area contributed by atoms with E-state index < -0.39 is 0 Å². The maximum absolute atomic E-state index is 13.5. The Hall–Kier alpha value is -2.76. The summed E-state index contributed by atoms with van der Waals surface area (Å²) >= 11 is 1.56. The minimum Gasteiger partial charge on any atom is -0.456 e. The number of piperidine rings is 3. The van der Waals surface area contributed by atoms with Crippen molar-refractivity contribution in [3.8, 4) is 0 Å². The first-order valence-electron chi connectivity index (χ1n) is 12.3. The predicted octanol–water partition coefficient (Wildman–Crippen LogP) is 5.50. The Bertz CT molecular complexity index is 1090. The van der Waals surface area contributed by atoms with Crippen LogP contribution in [0.15, 0.2) is 77.5 Å². The number of esters is 1. The lowest BCUT2D eigenvalue weighted by Gasteiger charge is -2.51. The number of carbonyl (C=O) groups is 2. The number of ketones is 1. The summed E-state index contributed by atoms with van der Waals surface area (Å²) in [4.78, 5) is 26.4. The van der Waals surface area contributed by atoms with Crippen molar-refractivity contribution in [2.75, 3.05) is 26.2 Å². The van der Waals surface area contributed by atoms with Crippen LogP contribution in [0.4, 0.5) is 0 Å². The molecule has 2 aromatic carbocycles. The van der Waals surface area contributed by atoms with Gasteiger partial charge in [-0.15, -0.1) is 0 Å². The van der Waals surface area contributed by atoms with E-state index >= 15 is 0 Å². The molecule has 3 fully saturated rings. The fourth-order valence-corrected chi connectivity index (χ4v) is 6.35. The largest absolute Gasteiger partial charge is 0.456 e. The number of hydrogen-bond acceptors (Lipinski definition) is 4. The molecular formula is C29H32NO3S+. The number of thiophene rings is 1. The second-order valence-corrected chi connectivity index (χ2v) is 10.6. The Kier molecular flexibility index (Phi) is 6.93. The summed E-state index contributed by atoms with van der Waals surface area (Å²) in [5.74, 6) is 0.211. The molecule has 0 aliphatic carbocycles. The van der Waals surface area contributed by atoms with Crippen LogP contribution < -0.4 is 0 Å². The maximum atomic E-state index is 13.5. The number of ether oxygens (including phenoxy) is 1. The van der Waals surface area contributed by atoms with E-state index in [1.807, 2.05) is 65.4 Å². The van der Waals surface area contributed by atoms with Crippen LogP contribution in [0.5, 0.6) is 0 Å². The van der Waals surface area contributed by atoms with Gasteiger partial charge in [0.2, 0.25) is 5.78 Å². The Morgan fingerprint density at radius 1 is 0.971 bits per heavy atom. The molecule has 2 atom stereocenters. The third kappa shape index (κ3) is 5.16. The number of carbonyl (C=O) groups excluding carboxylic acids is 2. The molecule has 2 unspecified atom stereocenters. The molecule has 0 radical (unpaired) electrons. The van der Waals surface area contributed by atoms with Gasteiger partial charge >= 0.3 is 5.97 Å². The molecule has 3 aliphatic heterocycles. The van der Waals surface area contributed by atoms with E-state index in [-0.39, 0.29) is 23.8 Å². The Labute approximate surface area is 205 Å². The van der Waals surface area contributed by atoms with E-state index in [2.05, 4.69) is 12.1 Å². The summed E-state index contributed by atoms with van der Waals surface area (Å²) in [6.07, 6.45) is 3.50. The van der Waals surface area contributed by atoms with Crippen molar-refractivity contribution in [1.29, 1.82) is 0 Å². The van der Waals surface area contributed by atoms with Gasteiger partial charge < -0.3 is 9.22 Å². The molecule has 176 valence electrons. The third-order valence-electron chi connectivity index (χ3n) is 7.68. The Morgan fingerprint density at radius 2 is 1.68 bits per heavy atom. The predicted molar refractivity (Wildman–Crippen MR) is 135 cm³/mol. The van der Waals surface area contributed by atoms with Crippen molar-refractivity contribution < 1.29 is 18.8 Å². The van der Waals surface area contributed by atoms with Crippen molar-refractivity contribution in [2.24, 2.45) is 5.92 Å². The Morgan fingerprint density at radius 3 is 2.35 bits per heavy atom. The first-order valence-corrected chi connectivity index (χ1v) is 13.3. The second-order valence-electron chi connectivity index (χ2n) is 9.87. The summed E-state index contributed by atoms with van der Waals surface area (Å²) in [5.41, 5.74) is 3.06. The van der Waals surface area contributed by atoms with Gasteiger partial charge in [0.15, 0.2) is 6.10 Å². The van der Waals surface area contributed by atoms with Gasteiger partial charge in [-0.1, -0.05) is 60.7 Å². The second kappa shape index (κ2) is 10.2. The van der Waals surface area contributed by atoms with Crippen LogP contribution >= 0.6 is 11.3 Å². The van der Waals surface area contributed by atoms with Crippen LogP contribution in [0.1, 0.15) is 46.7 Å². The van der Waals surface area contributed by atoms with Crippen molar-refractivity contribution in [1.82, 2.24) is 0 Å². The molecule has 34 heavy (non-hydrogen) atoms. The lowest BCUT2D eigenvalue weighted by molar-refractivity contribution is -0.938. The van der Waals surface area contributed by atoms with Gasteiger partial charge in [-0.3, -0.25) is 9.59 Å². The zero-order valence-corrected chi connectivity index (χ0v) is 20.3. The first kappa shape index (κ1) is 23.0. The van der Waals surface area contributed by atoms with Gasteiger partial charge in [0.1, 0.15) is 13.1 Å². The van der Waals surface area contributed by atoms with Crippen LogP contribution in [-0.2, 0) is 16.0 Å². The average molecular weight is 475 g/mol. The molecule has 4 nitrogen and oxygen atoms in total. The van der Waals surface area contributed by atoms with Gasteiger partial charge in [0.25, 0.3) is 0 Å². The van der Waals surface area contributed by atoms with E-state index in [0.717, 1.165) is 60.9 Å². The summed E-state index contributed by atoms with van der Waals surface area (Å²) in [6.45, 7) is 3.27. The lowest BCUT2D eigenvalue weighted by Crippen LogP contribution is -2.65.